The highest BCUT2D eigenvalue weighted by Gasteiger charge is 2.26. The van der Waals surface area contributed by atoms with Crippen LogP contribution in [0.25, 0.3) is 21.5 Å². The van der Waals surface area contributed by atoms with E-state index in [1.165, 1.54) is 12.3 Å². The third kappa shape index (κ3) is 2.79. The number of nitrogens with zero attached hydrogens (tertiary/aromatic N) is 2. The molecule has 0 amide bonds. The van der Waals surface area contributed by atoms with Crippen molar-refractivity contribution in [2.45, 2.75) is 0 Å². The smallest absolute Gasteiger partial charge is 0.205 e. The van der Waals surface area contributed by atoms with E-state index in [9.17, 15) is 10.1 Å². The quantitative estimate of drug-likeness (QED) is 0.436. The first-order chi connectivity index (χ1) is 13.4. The fourth-order valence-corrected chi connectivity index (χ4v) is 4.26. The average molecular weight is 429 g/mol. The molecule has 0 aliphatic rings. The molecule has 0 unspecified atom stereocenters. The van der Waals surface area contributed by atoms with Crippen LogP contribution in [0.3, 0.4) is 0 Å². The molecule has 3 aromatic heterocycles. The normalized spacial score (nSPS) is 10.9. The van der Waals surface area contributed by atoms with Gasteiger partial charge < -0.3 is 15.9 Å². The summed E-state index contributed by atoms with van der Waals surface area (Å²) in [4.78, 5) is 18.0. The largest absolute Gasteiger partial charge is 0.464 e. The van der Waals surface area contributed by atoms with Crippen molar-refractivity contribution < 1.29 is 9.21 Å². The number of hydrogen-bond donors (Lipinski definition) is 2. The van der Waals surface area contributed by atoms with Crippen LogP contribution in [0.5, 0.6) is 0 Å². The fraction of sp³-hybridized carbons (Fsp3) is 0. The van der Waals surface area contributed by atoms with Crippen LogP contribution in [0.4, 0.5) is 11.5 Å². The van der Waals surface area contributed by atoms with E-state index in [1.54, 1.807) is 24.3 Å². The maximum absolute atomic E-state index is 13.0. The Bertz CT molecular complexity index is 1290. The van der Waals surface area contributed by atoms with E-state index in [0.29, 0.717) is 32.1 Å². The highest BCUT2D eigenvalue weighted by atomic mass is 35.5. The third-order valence-electron chi connectivity index (χ3n) is 4.17. The van der Waals surface area contributed by atoms with Crippen LogP contribution in [-0.4, -0.2) is 10.8 Å². The molecule has 1 aromatic carbocycles. The Balaban J connectivity index is 1.99. The lowest BCUT2D eigenvalue weighted by Gasteiger charge is -2.06. The summed E-state index contributed by atoms with van der Waals surface area (Å²) in [6.07, 6.45) is 1.48. The number of carbonyl (C=O) groups excluding carboxylic acids is 1. The molecule has 4 aromatic rings. The number of anilines is 2. The van der Waals surface area contributed by atoms with Crippen LogP contribution in [0, 0.1) is 11.3 Å². The van der Waals surface area contributed by atoms with Gasteiger partial charge in [0, 0.05) is 10.9 Å². The molecule has 0 atom stereocenters. The Morgan fingerprint density at radius 1 is 1.21 bits per heavy atom. The Morgan fingerprint density at radius 3 is 2.64 bits per heavy atom. The minimum Gasteiger partial charge on any atom is -0.464 e. The molecule has 0 saturated heterocycles. The standard InChI is InChI=1S/C19H10Cl2N4O2S/c20-10-4-3-8(6-11(10)21)16(26)17-15(23)14-13(12-2-1-5-27-12)9(7-22)18(24)25-19(14)28-17/h1-6H,23H2,(H2,24,25). The van der Waals surface area contributed by atoms with Gasteiger partial charge in [0.25, 0.3) is 0 Å². The minimum absolute atomic E-state index is 0.0381. The number of rotatable bonds is 3. The Labute approximate surface area is 172 Å². The zero-order chi connectivity index (χ0) is 20.0. The first-order valence-electron chi connectivity index (χ1n) is 7.87. The average Bonchev–Trinajstić information content (AvgIpc) is 3.31. The number of halogens is 2. The van der Waals surface area contributed by atoms with Crippen molar-refractivity contribution in [3.05, 3.63) is 62.6 Å². The van der Waals surface area contributed by atoms with E-state index >= 15 is 0 Å². The maximum atomic E-state index is 13.0. The van der Waals surface area contributed by atoms with Gasteiger partial charge in [-0.05, 0) is 30.3 Å². The summed E-state index contributed by atoms with van der Waals surface area (Å²) in [6.45, 7) is 0. The SMILES string of the molecule is N#Cc1c(N)nc2sc(C(=O)c3ccc(Cl)c(Cl)c3)c(N)c2c1-c1ccco1. The molecule has 4 N–H and O–H groups in total. The summed E-state index contributed by atoms with van der Waals surface area (Å²) in [7, 11) is 0. The molecule has 6 nitrogen and oxygen atoms in total. The van der Waals surface area contributed by atoms with Gasteiger partial charge in [0.15, 0.2) is 0 Å². The topological polar surface area (TPSA) is 119 Å². The van der Waals surface area contributed by atoms with Gasteiger partial charge in [-0.1, -0.05) is 23.2 Å². The van der Waals surface area contributed by atoms with Crippen LogP contribution in [0.2, 0.25) is 10.0 Å². The number of nitrogens with two attached hydrogens (primary N) is 2. The molecule has 9 heteroatoms. The predicted octanol–water partition coefficient (Wildman–Crippen LogP) is 5.13. The van der Waals surface area contributed by atoms with Gasteiger partial charge in [0.1, 0.15) is 32.9 Å². The number of nitriles is 1. The Kier molecular flexibility index (Phi) is 4.47. The molecule has 0 aliphatic carbocycles. The zero-order valence-electron chi connectivity index (χ0n) is 14.0. The summed E-state index contributed by atoms with van der Waals surface area (Å²) in [5.41, 5.74) is 13.4. The molecule has 28 heavy (non-hydrogen) atoms. The molecule has 138 valence electrons. The number of fused-ring (bicyclic) bond motifs is 1. The van der Waals surface area contributed by atoms with Crippen LogP contribution in [0.15, 0.2) is 41.0 Å². The Morgan fingerprint density at radius 2 is 2.00 bits per heavy atom. The number of pyridine rings is 1. The van der Waals surface area contributed by atoms with Gasteiger partial charge in [-0.15, -0.1) is 11.3 Å². The van der Waals surface area contributed by atoms with Crippen molar-refractivity contribution in [2.24, 2.45) is 0 Å². The molecule has 0 radical (unpaired) electrons. The molecule has 0 saturated carbocycles. The minimum atomic E-state index is -0.332. The molecule has 0 bridgehead atoms. The van der Waals surface area contributed by atoms with E-state index < -0.39 is 0 Å². The number of benzene rings is 1. The van der Waals surface area contributed by atoms with Crippen LogP contribution in [0.1, 0.15) is 20.8 Å². The van der Waals surface area contributed by atoms with Gasteiger partial charge in [0.05, 0.1) is 27.6 Å². The number of carbonyl (C=O) groups is 1. The molecule has 4 rings (SSSR count). The number of ketones is 1. The molecule has 3 heterocycles. The van der Waals surface area contributed by atoms with Crippen molar-refractivity contribution in [1.82, 2.24) is 4.98 Å². The lowest BCUT2D eigenvalue weighted by atomic mass is 10.0. The first-order valence-corrected chi connectivity index (χ1v) is 9.44. The Hall–Kier alpha value is -3.05. The number of thiophene rings is 1. The second-order valence-electron chi connectivity index (χ2n) is 5.82. The molecule has 0 spiro atoms. The van der Waals surface area contributed by atoms with Gasteiger partial charge in [-0.2, -0.15) is 5.26 Å². The lowest BCUT2D eigenvalue weighted by Crippen LogP contribution is -2.02. The van der Waals surface area contributed by atoms with Crippen LogP contribution >= 0.6 is 34.5 Å². The van der Waals surface area contributed by atoms with E-state index in [4.69, 9.17) is 39.1 Å². The summed E-state index contributed by atoms with van der Waals surface area (Å²) in [6, 6.07) is 10.00. The summed E-state index contributed by atoms with van der Waals surface area (Å²) < 4.78 is 5.46. The monoisotopic (exact) mass is 428 g/mol. The fourth-order valence-electron chi connectivity index (χ4n) is 2.89. The van der Waals surface area contributed by atoms with Crippen molar-refractivity contribution in [3.8, 4) is 17.4 Å². The predicted molar refractivity (Wildman–Crippen MR) is 111 cm³/mol. The second-order valence-corrected chi connectivity index (χ2v) is 7.63. The molecule has 0 fully saturated rings. The highest BCUT2D eigenvalue weighted by molar-refractivity contribution is 7.21. The second kappa shape index (κ2) is 6.84. The maximum Gasteiger partial charge on any atom is 0.205 e. The number of furan rings is 1. The van der Waals surface area contributed by atoms with Crippen molar-refractivity contribution in [3.63, 3.8) is 0 Å². The molecular weight excluding hydrogens is 419 g/mol. The van der Waals surface area contributed by atoms with Gasteiger partial charge in [0.2, 0.25) is 5.78 Å². The van der Waals surface area contributed by atoms with Crippen LogP contribution in [-0.2, 0) is 0 Å². The van der Waals surface area contributed by atoms with Crippen molar-refractivity contribution in [2.75, 3.05) is 11.5 Å². The van der Waals surface area contributed by atoms with Crippen molar-refractivity contribution in [1.29, 1.82) is 5.26 Å². The van der Waals surface area contributed by atoms with E-state index in [1.807, 2.05) is 6.07 Å². The van der Waals surface area contributed by atoms with Gasteiger partial charge in [-0.25, -0.2) is 4.98 Å². The summed E-state index contributed by atoms with van der Waals surface area (Å²) >= 11 is 13.0. The third-order valence-corrected chi connectivity index (χ3v) is 6.01. The van der Waals surface area contributed by atoms with Crippen LogP contribution < -0.4 is 11.5 Å². The lowest BCUT2D eigenvalue weighted by molar-refractivity contribution is 0.104. The molecule has 0 aliphatic heterocycles. The zero-order valence-corrected chi connectivity index (χ0v) is 16.3. The number of aromatic nitrogens is 1. The first kappa shape index (κ1) is 18.3. The summed E-state index contributed by atoms with van der Waals surface area (Å²) in [5.74, 6) is 0.117. The van der Waals surface area contributed by atoms with E-state index in [-0.39, 0.29) is 32.8 Å². The number of nitrogen functional groups attached to an aromatic ring is 2. The number of hydrogen-bond acceptors (Lipinski definition) is 7. The van der Waals surface area contributed by atoms with Gasteiger partial charge in [-0.3, -0.25) is 4.79 Å². The van der Waals surface area contributed by atoms with E-state index in [2.05, 4.69) is 4.98 Å². The highest BCUT2D eigenvalue weighted by Crippen LogP contribution is 2.43. The summed E-state index contributed by atoms with van der Waals surface area (Å²) in [5, 5.41) is 10.6. The van der Waals surface area contributed by atoms with Crippen molar-refractivity contribution >= 4 is 62.0 Å². The van der Waals surface area contributed by atoms with Gasteiger partial charge >= 0.3 is 0 Å². The molecular formula is C19H10Cl2N4O2S. The van der Waals surface area contributed by atoms with E-state index in [0.717, 1.165) is 11.3 Å².